The van der Waals surface area contributed by atoms with Crippen LogP contribution < -0.4 is 0 Å². The standard InChI is InChI=1S/C16H16FNO3/c1-2-21-16(19)15(18-20)8-4-11-3-5-13-10-14(17)7-6-12(13)9-11/h3,5-7,9-10,15H,2,4,8H2,1H3. The number of nitroso groups, excluding NO2 is 1. The van der Waals surface area contributed by atoms with Crippen molar-refractivity contribution in [1.82, 2.24) is 0 Å². The Hall–Kier alpha value is -2.30. The highest BCUT2D eigenvalue weighted by Gasteiger charge is 2.20. The molecule has 5 heteroatoms. The van der Waals surface area contributed by atoms with Crippen molar-refractivity contribution < 1.29 is 13.9 Å². The molecule has 1 unspecified atom stereocenters. The lowest BCUT2D eigenvalue weighted by molar-refractivity contribution is -0.144. The Balaban J connectivity index is 2.07. The Morgan fingerprint density at radius 3 is 2.67 bits per heavy atom. The molecule has 0 radical (unpaired) electrons. The number of halogens is 1. The van der Waals surface area contributed by atoms with Crippen molar-refractivity contribution in [3.63, 3.8) is 0 Å². The fourth-order valence-electron chi connectivity index (χ4n) is 2.18. The van der Waals surface area contributed by atoms with Gasteiger partial charge in [-0.2, -0.15) is 0 Å². The number of nitrogens with zero attached hydrogens (tertiary/aromatic N) is 1. The molecule has 0 amide bonds. The van der Waals surface area contributed by atoms with Crippen LogP contribution in [0.15, 0.2) is 41.6 Å². The van der Waals surface area contributed by atoms with Crippen molar-refractivity contribution >= 4 is 16.7 Å². The van der Waals surface area contributed by atoms with Gasteiger partial charge in [0.2, 0.25) is 0 Å². The fourth-order valence-corrected chi connectivity index (χ4v) is 2.18. The lowest BCUT2D eigenvalue weighted by Crippen LogP contribution is -2.21. The number of benzene rings is 2. The minimum atomic E-state index is -0.978. The summed E-state index contributed by atoms with van der Waals surface area (Å²) >= 11 is 0. The summed E-state index contributed by atoms with van der Waals surface area (Å²) in [5.74, 6) is -0.863. The van der Waals surface area contributed by atoms with Crippen LogP contribution in [-0.4, -0.2) is 18.6 Å². The van der Waals surface area contributed by atoms with Gasteiger partial charge in [-0.25, -0.2) is 9.18 Å². The summed E-state index contributed by atoms with van der Waals surface area (Å²) in [5, 5.41) is 4.55. The number of fused-ring (bicyclic) bond motifs is 1. The molecule has 0 saturated heterocycles. The second-order valence-corrected chi connectivity index (χ2v) is 4.74. The highest BCUT2D eigenvalue weighted by atomic mass is 19.1. The van der Waals surface area contributed by atoms with E-state index in [4.69, 9.17) is 4.74 Å². The molecule has 0 N–H and O–H groups in total. The van der Waals surface area contributed by atoms with Gasteiger partial charge in [-0.1, -0.05) is 29.4 Å². The smallest absolute Gasteiger partial charge is 0.334 e. The summed E-state index contributed by atoms with van der Waals surface area (Å²) in [5.41, 5.74) is 0.965. The number of hydrogen-bond donors (Lipinski definition) is 0. The molecule has 0 fully saturated rings. The first-order chi connectivity index (χ1) is 10.1. The van der Waals surface area contributed by atoms with E-state index in [9.17, 15) is 14.1 Å². The van der Waals surface area contributed by atoms with Crippen molar-refractivity contribution in [2.75, 3.05) is 6.61 Å². The average Bonchev–Trinajstić information content (AvgIpc) is 2.48. The molecule has 4 nitrogen and oxygen atoms in total. The predicted octanol–water partition coefficient (Wildman–Crippen LogP) is 3.61. The molecule has 110 valence electrons. The molecule has 1 atom stereocenters. The maximum atomic E-state index is 13.1. The zero-order valence-electron chi connectivity index (χ0n) is 11.7. The number of esters is 1. The van der Waals surface area contributed by atoms with Crippen LogP contribution in [0.25, 0.3) is 10.8 Å². The van der Waals surface area contributed by atoms with Crippen LogP contribution in [0.3, 0.4) is 0 Å². The van der Waals surface area contributed by atoms with E-state index in [0.29, 0.717) is 12.8 Å². The molecule has 0 aliphatic rings. The molecule has 0 aromatic heterocycles. The summed E-state index contributed by atoms with van der Waals surface area (Å²) in [4.78, 5) is 22.2. The van der Waals surface area contributed by atoms with Gasteiger partial charge in [0.05, 0.1) is 6.61 Å². The van der Waals surface area contributed by atoms with Crippen molar-refractivity contribution in [3.05, 3.63) is 52.7 Å². The van der Waals surface area contributed by atoms with E-state index < -0.39 is 12.0 Å². The minimum absolute atomic E-state index is 0.229. The maximum absolute atomic E-state index is 13.1. The Morgan fingerprint density at radius 1 is 1.24 bits per heavy atom. The quantitative estimate of drug-likeness (QED) is 0.603. The van der Waals surface area contributed by atoms with E-state index in [2.05, 4.69) is 5.18 Å². The lowest BCUT2D eigenvalue weighted by atomic mass is 10.0. The summed E-state index contributed by atoms with van der Waals surface area (Å²) in [6.45, 7) is 1.91. The van der Waals surface area contributed by atoms with Gasteiger partial charge in [-0.15, -0.1) is 4.91 Å². The van der Waals surface area contributed by atoms with E-state index in [1.807, 2.05) is 18.2 Å². The van der Waals surface area contributed by atoms with E-state index in [1.54, 1.807) is 13.0 Å². The highest BCUT2D eigenvalue weighted by molar-refractivity contribution is 5.83. The molecule has 0 bridgehead atoms. The van der Waals surface area contributed by atoms with Gasteiger partial charge in [0, 0.05) is 0 Å². The molecule has 2 rings (SSSR count). The van der Waals surface area contributed by atoms with Gasteiger partial charge < -0.3 is 4.74 Å². The molecule has 0 heterocycles. The first-order valence-electron chi connectivity index (χ1n) is 6.81. The van der Waals surface area contributed by atoms with Crippen molar-refractivity contribution in [3.8, 4) is 0 Å². The summed E-state index contributed by atoms with van der Waals surface area (Å²) in [7, 11) is 0. The predicted molar refractivity (Wildman–Crippen MR) is 78.4 cm³/mol. The van der Waals surface area contributed by atoms with Crippen LogP contribution in [0.1, 0.15) is 18.9 Å². The number of carbonyl (C=O) groups is 1. The largest absolute Gasteiger partial charge is 0.464 e. The molecule has 0 spiro atoms. The molecule has 0 aliphatic heterocycles. The average molecular weight is 289 g/mol. The number of carbonyl (C=O) groups excluding carboxylic acids is 1. The first kappa shape index (κ1) is 15.1. The Morgan fingerprint density at radius 2 is 1.95 bits per heavy atom. The third-order valence-electron chi connectivity index (χ3n) is 3.26. The number of hydrogen-bond acceptors (Lipinski definition) is 4. The van der Waals surface area contributed by atoms with Gasteiger partial charge in [-0.3, -0.25) is 0 Å². The number of aryl methyl sites for hydroxylation is 1. The van der Waals surface area contributed by atoms with E-state index in [-0.39, 0.29) is 12.4 Å². The molecule has 0 saturated carbocycles. The van der Waals surface area contributed by atoms with Gasteiger partial charge >= 0.3 is 5.97 Å². The summed E-state index contributed by atoms with van der Waals surface area (Å²) < 4.78 is 17.9. The van der Waals surface area contributed by atoms with Crippen LogP contribution in [0, 0.1) is 10.7 Å². The SMILES string of the molecule is CCOC(=O)C(CCc1ccc2cc(F)ccc2c1)N=O. The Bertz CT molecular complexity index is 657. The van der Waals surface area contributed by atoms with Gasteiger partial charge in [0.25, 0.3) is 0 Å². The minimum Gasteiger partial charge on any atom is -0.464 e. The second kappa shape index (κ2) is 6.92. The molecule has 0 aliphatic carbocycles. The van der Waals surface area contributed by atoms with Crippen molar-refractivity contribution in [2.45, 2.75) is 25.8 Å². The molecule has 21 heavy (non-hydrogen) atoms. The van der Waals surface area contributed by atoms with Crippen LogP contribution in [0.2, 0.25) is 0 Å². The van der Waals surface area contributed by atoms with Gasteiger partial charge in [-0.05, 0) is 48.2 Å². The summed E-state index contributed by atoms with van der Waals surface area (Å²) in [6, 6.07) is 9.19. The normalized spacial score (nSPS) is 12.1. The Labute approximate surface area is 121 Å². The van der Waals surface area contributed by atoms with Crippen molar-refractivity contribution in [2.24, 2.45) is 5.18 Å². The van der Waals surface area contributed by atoms with Crippen molar-refractivity contribution in [1.29, 1.82) is 0 Å². The highest BCUT2D eigenvalue weighted by Crippen LogP contribution is 2.19. The molecule has 2 aromatic rings. The topological polar surface area (TPSA) is 55.7 Å². The van der Waals surface area contributed by atoms with Crippen LogP contribution in [-0.2, 0) is 16.0 Å². The molecular weight excluding hydrogens is 273 g/mol. The molecule has 2 aromatic carbocycles. The monoisotopic (exact) mass is 289 g/mol. The van der Waals surface area contributed by atoms with Crippen LogP contribution >= 0.6 is 0 Å². The third-order valence-corrected chi connectivity index (χ3v) is 3.26. The zero-order chi connectivity index (χ0) is 15.2. The fraction of sp³-hybridized carbons (Fsp3) is 0.312. The number of ether oxygens (including phenoxy) is 1. The lowest BCUT2D eigenvalue weighted by Gasteiger charge is -2.08. The molecular formula is C16H16FNO3. The van der Waals surface area contributed by atoms with E-state index in [1.165, 1.54) is 12.1 Å². The van der Waals surface area contributed by atoms with E-state index in [0.717, 1.165) is 16.3 Å². The zero-order valence-corrected chi connectivity index (χ0v) is 11.7. The van der Waals surface area contributed by atoms with Crippen LogP contribution in [0.5, 0.6) is 0 Å². The van der Waals surface area contributed by atoms with Gasteiger partial charge in [0.1, 0.15) is 5.82 Å². The van der Waals surface area contributed by atoms with E-state index >= 15 is 0 Å². The maximum Gasteiger partial charge on any atom is 0.334 e. The van der Waals surface area contributed by atoms with Gasteiger partial charge in [0.15, 0.2) is 6.04 Å². The summed E-state index contributed by atoms with van der Waals surface area (Å²) in [6.07, 6.45) is 0.831. The van der Waals surface area contributed by atoms with Crippen LogP contribution in [0.4, 0.5) is 4.39 Å². The Kier molecular flexibility index (Phi) is 4.98. The second-order valence-electron chi connectivity index (χ2n) is 4.74. The number of rotatable bonds is 6. The third kappa shape index (κ3) is 3.84. The first-order valence-corrected chi connectivity index (χ1v) is 6.81.